The Morgan fingerprint density at radius 1 is 0.250 bits per heavy atom. The summed E-state index contributed by atoms with van der Waals surface area (Å²) in [6, 6.07) is 66.0. The summed E-state index contributed by atoms with van der Waals surface area (Å²) < 4.78 is 6.44. The molecule has 0 aliphatic heterocycles. The molecule has 0 bridgehead atoms. The van der Waals surface area contributed by atoms with Crippen LogP contribution in [0.15, 0.2) is 182 Å². The molecule has 0 amide bonds. The Hall–Kier alpha value is -3.29. The predicted molar refractivity (Wildman–Crippen MR) is 171 cm³/mol. The van der Waals surface area contributed by atoms with Crippen molar-refractivity contribution in [3.05, 3.63) is 187 Å². The Morgan fingerprint density at radius 3 is 0.550 bits per heavy atom. The average molecular weight is 556 g/mol. The van der Waals surface area contributed by atoms with Crippen LogP contribution in [0.3, 0.4) is 0 Å². The first-order valence-electron chi connectivity index (χ1n) is 13.4. The fraction of sp³-hybridized carbons (Fsp3) is 0. The van der Waals surface area contributed by atoms with Gasteiger partial charge in [0.05, 0.1) is 0 Å². The van der Waals surface area contributed by atoms with Crippen LogP contribution in [0, 0.1) is 0 Å². The van der Waals surface area contributed by atoms with Gasteiger partial charge in [0, 0.05) is 16.5 Å². The maximum absolute atomic E-state index is 6.44. The van der Waals surface area contributed by atoms with E-state index in [0.717, 1.165) is 0 Å². The van der Waals surface area contributed by atoms with E-state index in [4.69, 9.17) is 4.65 Å². The molecule has 40 heavy (non-hydrogen) atoms. The Labute approximate surface area is 262 Å². The summed E-state index contributed by atoms with van der Waals surface area (Å²) in [6.07, 6.45) is 0. The van der Waals surface area contributed by atoms with Gasteiger partial charge < -0.3 is 4.65 Å². The first-order chi connectivity index (χ1) is 19.3. The average Bonchev–Trinajstić information content (AvgIpc) is 3.04. The van der Waals surface area contributed by atoms with E-state index in [2.05, 4.69) is 182 Å². The molecule has 0 unspecified atom stereocenters. The molecule has 6 rings (SSSR count). The number of hydrogen-bond donors (Lipinski definition) is 0. The van der Waals surface area contributed by atoms with Crippen molar-refractivity contribution < 1.29 is 29.6 Å². The van der Waals surface area contributed by atoms with Crippen LogP contribution in [0.2, 0.25) is 0 Å². The Kier molecular flexibility index (Phi) is 9.13. The van der Waals surface area contributed by atoms with Gasteiger partial charge in [-0.05, 0) is 0 Å². The third-order valence-corrected chi connectivity index (χ3v) is 17.2. The van der Waals surface area contributed by atoms with Gasteiger partial charge in [-0.2, -0.15) is 0 Å². The van der Waals surface area contributed by atoms with E-state index in [1.54, 1.807) is 0 Å². The minimum absolute atomic E-state index is 0. The van der Waals surface area contributed by atoms with E-state index >= 15 is 0 Å². The van der Waals surface area contributed by atoms with Crippen molar-refractivity contribution in [2.45, 2.75) is 0 Å². The topological polar surface area (TPSA) is 14.1 Å². The van der Waals surface area contributed by atoms with Gasteiger partial charge in [-0.25, -0.2) is 0 Å². The normalized spacial score (nSPS) is 11.4. The van der Waals surface area contributed by atoms with Gasteiger partial charge >= 0.3 is 29.6 Å². The third kappa shape index (κ3) is 5.25. The number of nitrogens with zero attached hydrogens (tertiary/aromatic N) is 1. The standard InChI is InChI=1S/C36H30NSi2.Na/c1-7-19-31(20-8-1)38(32-21-9-2-10-22-32,33-23-11-3-12-24-33)37-39(34-25-13-4-14-26-34,35-27-15-5-16-28-35)36-29-17-6-18-30-36;/h1-30H;/q-1;+1. The van der Waals surface area contributed by atoms with Crippen molar-refractivity contribution in [2.75, 3.05) is 0 Å². The van der Waals surface area contributed by atoms with E-state index in [0.29, 0.717) is 0 Å². The molecule has 0 aromatic heterocycles. The van der Waals surface area contributed by atoms with Gasteiger partial charge in [0.1, 0.15) is 0 Å². The zero-order chi connectivity index (χ0) is 26.4. The molecular weight excluding hydrogens is 526 g/mol. The molecule has 6 aromatic rings. The zero-order valence-corrected chi connectivity index (χ0v) is 26.8. The SMILES string of the molecule is [Na+].c1ccc([Si]([N-][Si](c2ccccc2)(c2ccccc2)c2ccccc2)(c2ccccc2)c2ccccc2)cc1. The third-order valence-electron chi connectivity index (χ3n) is 7.48. The molecule has 6 aromatic carbocycles. The second kappa shape index (κ2) is 12.9. The Morgan fingerprint density at radius 2 is 0.400 bits per heavy atom. The number of benzene rings is 6. The van der Waals surface area contributed by atoms with Gasteiger partial charge in [0.2, 0.25) is 0 Å². The minimum atomic E-state index is -2.92. The predicted octanol–water partition coefficient (Wildman–Crippen LogP) is 1.70. The minimum Gasteiger partial charge on any atom is -0.644 e. The van der Waals surface area contributed by atoms with E-state index in [1.807, 2.05) is 0 Å². The molecule has 4 heteroatoms. The van der Waals surface area contributed by atoms with Crippen molar-refractivity contribution in [3.8, 4) is 0 Å². The molecule has 0 saturated heterocycles. The van der Waals surface area contributed by atoms with Gasteiger partial charge in [-0.3, -0.25) is 0 Å². The molecule has 0 radical (unpaired) electrons. The molecule has 188 valence electrons. The Bertz CT molecular complexity index is 1280. The fourth-order valence-corrected chi connectivity index (χ4v) is 16.9. The fourth-order valence-electron chi connectivity index (χ4n) is 5.71. The van der Waals surface area contributed by atoms with E-state index < -0.39 is 16.5 Å². The number of rotatable bonds is 8. The van der Waals surface area contributed by atoms with Crippen molar-refractivity contribution in [1.82, 2.24) is 0 Å². The van der Waals surface area contributed by atoms with Gasteiger partial charge in [0.25, 0.3) is 0 Å². The molecule has 0 fully saturated rings. The first-order valence-corrected chi connectivity index (χ1v) is 17.3. The van der Waals surface area contributed by atoms with Crippen LogP contribution in [-0.4, -0.2) is 16.5 Å². The summed E-state index contributed by atoms with van der Waals surface area (Å²) in [5.74, 6) is 0. The molecule has 0 aliphatic carbocycles. The summed E-state index contributed by atoms with van der Waals surface area (Å²) in [6.45, 7) is 0. The summed E-state index contributed by atoms with van der Waals surface area (Å²) in [5, 5.41) is 7.76. The second-order valence-corrected chi connectivity index (χ2v) is 16.9. The summed E-state index contributed by atoms with van der Waals surface area (Å²) in [5.41, 5.74) is 0. The molecule has 0 spiro atoms. The summed E-state index contributed by atoms with van der Waals surface area (Å²) in [4.78, 5) is 0. The largest absolute Gasteiger partial charge is 1.00 e. The van der Waals surface area contributed by atoms with Crippen LogP contribution in [0.25, 0.3) is 4.65 Å². The van der Waals surface area contributed by atoms with E-state index in [9.17, 15) is 0 Å². The van der Waals surface area contributed by atoms with Crippen LogP contribution in [0.1, 0.15) is 0 Å². The van der Waals surface area contributed by atoms with Crippen LogP contribution in [0.4, 0.5) is 0 Å². The quantitative estimate of drug-likeness (QED) is 0.201. The number of hydrogen-bond acceptors (Lipinski definition) is 0. The summed E-state index contributed by atoms with van der Waals surface area (Å²) >= 11 is 0. The van der Waals surface area contributed by atoms with Crippen LogP contribution in [-0.2, 0) is 0 Å². The molecule has 0 aliphatic rings. The van der Waals surface area contributed by atoms with Crippen molar-refractivity contribution >= 4 is 47.6 Å². The van der Waals surface area contributed by atoms with Crippen LogP contribution in [0.5, 0.6) is 0 Å². The van der Waals surface area contributed by atoms with Crippen molar-refractivity contribution in [2.24, 2.45) is 0 Å². The second-order valence-electron chi connectivity index (χ2n) is 9.73. The van der Waals surface area contributed by atoms with Gasteiger partial charge in [-0.15, -0.1) is 0 Å². The zero-order valence-electron chi connectivity index (χ0n) is 22.8. The van der Waals surface area contributed by atoms with Crippen molar-refractivity contribution in [3.63, 3.8) is 0 Å². The van der Waals surface area contributed by atoms with E-state index in [-0.39, 0.29) is 29.6 Å². The molecular formula is C36H30NNaSi2. The maximum Gasteiger partial charge on any atom is 1.00 e. The molecule has 0 atom stereocenters. The first kappa shape index (κ1) is 28.2. The maximum atomic E-state index is 6.44. The Balaban J connectivity index is 0.00000323. The monoisotopic (exact) mass is 555 g/mol. The molecule has 0 N–H and O–H groups in total. The van der Waals surface area contributed by atoms with Gasteiger partial charge in [0.15, 0.2) is 0 Å². The van der Waals surface area contributed by atoms with Crippen LogP contribution >= 0.6 is 0 Å². The molecule has 1 nitrogen and oxygen atoms in total. The smallest absolute Gasteiger partial charge is 0.644 e. The van der Waals surface area contributed by atoms with Gasteiger partial charge in [-0.1, -0.05) is 213 Å². The van der Waals surface area contributed by atoms with E-state index in [1.165, 1.54) is 31.1 Å². The van der Waals surface area contributed by atoms with Crippen molar-refractivity contribution in [1.29, 1.82) is 0 Å². The molecule has 0 saturated carbocycles. The van der Waals surface area contributed by atoms with Crippen LogP contribution < -0.4 is 60.7 Å². The molecule has 0 heterocycles. The summed E-state index contributed by atoms with van der Waals surface area (Å²) in [7, 11) is -5.84.